The first kappa shape index (κ1) is 18.1. The zero-order valence-corrected chi connectivity index (χ0v) is 15.7. The first-order chi connectivity index (χ1) is 13.1. The molecule has 2 aromatic rings. The number of pyridine rings is 2. The van der Waals surface area contributed by atoms with E-state index in [0.717, 1.165) is 24.2 Å². The van der Waals surface area contributed by atoms with Crippen LogP contribution in [0.3, 0.4) is 0 Å². The normalized spacial score (nSPS) is 22.2. The fraction of sp³-hybridized carbons (Fsp3) is 0.500. The van der Waals surface area contributed by atoms with Gasteiger partial charge in [0.2, 0.25) is 0 Å². The van der Waals surface area contributed by atoms with Crippen LogP contribution in [0.5, 0.6) is 11.6 Å². The second-order valence-corrected chi connectivity index (χ2v) is 7.17. The Hall–Kier alpha value is -2.25. The Bertz CT molecular complexity index is 800. The molecule has 7 heteroatoms. The fourth-order valence-electron chi connectivity index (χ4n) is 3.48. The molecule has 2 aliphatic heterocycles. The Morgan fingerprint density at radius 1 is 1.30 bits per heavy atom. The van der Waals surface area contributed by atoms with Crippen LogP contribution in [0.1, 0.15) is 30.3 Å². The fourth-order valence-corrected chi connectivity index (χ4v) is 3.48. The highest BCUT2D eigenvalue weighted by molar-refractivity contribution is 5.36. The molecular weight excluding hydrogens is 349 g/mol. The highest BCUT2D eigenvalue weighted by atomic mass is 19.1. The minimum atomic E-state index is -0.360. The maximum Gasteiger partial charge on any atom is 0.257 e. The van der Waals surface area contributed by atoms with Gasteiger partial charge in [0.1, 0.15) is 19.0 Å². The molecule has 0 bridgehead atoms. The average molecular weight is 373 g/mol. The monoisotopic (exact) mass is 373 g/mol. The van der Waals surface area contributed by atoms with Crippen molar-refractivity contribution in [3.05, 3.63) is 47.2 Å². The van der Waals surface area contributed by atoms with Crippen molar-refractivity contribution in [3.8, 4) is 11.6 Å². The van der Waals surface area contributed by atoms with Gasteiger partial charge in [0.15, 0.2) is 5.75 Å². The minimum absolute atomic E-state index is 0.113. The number of hydrogen-bond acceptors (Lipinski definition) is 6. The Balaban J connectivity index is 1.36. The van der Waals surface area contributed by atoms with E-state index in [1.807, 2.05) is 25.3 Å². The van der Waals surface area contributed by atoms with Gasteiger partial charge in [-0.3, -0.25) is 9.88 Å². The number of ether oxygens (including phenoxy) is 3. The summed E-state index contributed by atoms with van der Waals surface area (Å²) in [5.74, 6) is 0.399. The predicted molar refractivity (Wildman–Crippen MR) is 97.2 cm³/mol. The molecule has 1 fully saturated rings. The molecule has 1 saturated heterocycles. The van der Waals surface area contributed by atoms with E-state index in [0.29, 0.717) is 49.7 Å². The van der Waals surface area contributed by atoms with E-state index in [9.17, 15) is 4.39 Å². The van der Waals surface area contributed by atoms with Gasteiger partial charge in [-0.25, -0.2) is 9.37 Å². The maximum atomic E-state index is 14.4. The van der Waals surface area contributed by atoms with Crippen molar-refractivity contribution in [1.82, 2.24) is 14.9 Å². The van der Waals surface area contributed by atoms with Gasteiger partial charge in [0.05, 0.1) is 18.4 Å². The first-order valence-corrected chi connectivity index (χ1v) is 9.30. The molecule has 0 N–H and O–H groups in total. The Morgan fingerprint density at radius 2 is 2.15 bits per heavy atom. The molecule has 2 aromatic heterocycles. The first-order valence-electron chi connectivity index (χ1n) is 9.30. The molecule has 0 spiro atoms. The van der Waals surface area contributed by atoms with Gasteiger partial charge in [-0.15, -0.1) is 0 Å². The summed E-state index contributed by atoms with van der Waals surface area (Å²) in [6.45, 7) is 6.67. The summed E-state index contributed by atoms with van der Waals surface area (Å²) in [7, 11) is 0. The number of nitrogens with zero attached hydrogens (tertiary/aromatic N) is 3. The summed E-state index contributed by atoms with van der Waals surface area (Å²) < 4.78 is 31.3. The molecule has 2 aliphatic rings. The summed E-state index contributed by atoms with van der Waals surface area (Å²) in [5.41, 5.74) is 2.44. The van der Waals surface area contributed by atoms with Crippen molar-refractivity contribution in [2.24, 2.45) is 0 Å². The van der Waals surface area contributed by atoms with E-state index >= 15 is 0 Å². The third-order valence-corrected chi connectivity index (χ3v) is 5.04. The van der Waals surface area contributed by atoms with E-state index in [2.05, 4.69) is 21.8 Å². The van der Waals surface area contributed by atoms with Crippen LogP contribution < -0.4 is 9.47 Å². The van der Waals surface area contributed by atoms with Crippen LogP contribution in [0.2, 0.25) is 0 Å². The molecule has 0 aliphatic carbocycles. The molecule has 0 unspecified atom stereocenters. The summed E-state index contributed by atoms with van der Waals surface area (Å²) in [6, 6.07) is 5.68. The summed E-state index contributed by atoms with van der Waals surface area (Å²) in [4.78, 5) is 10.8. The Labute approximate surface area is 158 Å². The van der Waals surface area contributed by atoms with E-state index in [4.69, 9.17) is 14.2 Å². The third-order valence-electron chi connectivity index (χ3n) is 5.04. The van der Waals surface area contributed by atoms with Gasteiger partial charge in [-0.2, -0.15) is 0 Å². The van der Waals surface area contributed by atoms with Crippen LogP contribution in [0.4, 0.5) is 4.39 Å². The van der Waals surface area contributed by atoms with Crippen LogP contribution in [0.15, 0.2) is 24.4 Å². The molecule has 0 aromatic carbocycles. The zero-order valence-electron chi connectivity index (χ0n) is 15.7. The molecule has 0 amide bonds. The lowest BCUT2D eigenvalue weighted by atomic mass is 10.2. The second kappa shape index (κ2) is 7.78. The van der Waals surface area contributed by atoms with Crippen LogP contribution >= 0.6 is 0 Å². The lowest BCUT2D eigenvalue weighted by Crippen LogP contribution is -2.29. The highest BCUT2D eigenvalue weighted by Crippen LogP contribution is 2.31. The Morgan fingerprint density at radius 3 is 2.96 bits per heavy atom. The summed E-state index contributed by atoms with van der Waals surface area (Å²) >= 11 is 0. The van der Waals surface area contributed by atoms with Gasteiger partial charge in [-0.05, 0) is 31.9 Å². The number of halogens is 1. The van der Waals surface area contributed by atoms with E-state index < -0.39 is 0 Å². The van der Waals surface area contributed by atoms with Crippen LogP contribution in [0.25, 0.3) is 0 Å². The van der Waals surface area contributed by atoms with Crippen molar-refractivity contribution in [2.45, 2.75) is 45.6 Å². The number of likely N-dealkylation sites (tertiary alicyclic amines) is 1. The Kier molecular flexibility index (Phi) is 5.22. The lowest BCUT2D eigenvalue weighted by Gasteiger charge is -2.22. The van der Waals surface area contributed by atoms with E-state index in [1.54, 1.807) is 0 Å². The van der Waals surface area contributed by atoms with Gasteiger partial charge >= 0.3 is 0 Å². The van der Waals surface area contributed by atoms with Crippen LogP contribution in [-0.4, -0.2) is 46.8 Å². The van der Waals surface area contributed by atoms with Crippen molar-refractivity contribution < 1.29 is 18.6 Å². The van der Waals surface area contributed by atoms with Crippen LogP contribution in [-0.2, 0) is 17.9 Å². The van der Waals surface area contributed by atoms with E-state index in [-0.39, 0.29) is 11.9 Å². The lowest BCUT2D eigenvalue weighted by molar-refractivity contribution is 0.0458. The zero-order chi connectivity index (χ0) is 18.8. The van der Waals surface area contributed by atoms with Crippen molar-refractivity contribution in [2.75, 3.05) is 19.8 Å². The topological polar surface area (TPSA) is 56.7 Å². The predicted octanol–water partition coefficient (Wildman–Crippen LogP) is 2.87. The molecule has 4 heterocycles. The molecule has 6 nitrogen and oxygen atoms in total. The van der Waals surface area contributed by atoms with Crippen LogP contribution in [0, 0.1) is 12.7 Å². The number of fused-ring (bicyclic) bond motifs is 1. The molecule has 144 valence electrons. The van der Waals surface area contributed by atoms with Gasteiger partial charge in [-0.1, -0.05) is 6.07 Å². The van der Waals surface area contributed by atoms with Gasteiger partial charge < -0.3 is 14.2 Å². The number of aromatic nitrogens is 2. The summed E-state index contributed by atoms with van der Waals surface area (Å²) in [5, 5.41) is 0. The molecule has 0 radical (unpaired) electrons. The average Bonchev–Trinajstić information content (AvgIpc) is 3.01. The number of aryl methyl sites for hydroxylation is 1. The maximum absolute atomic E-state index is 14.4. The molecule has 0 saturated carbocycles. The number of rotatable bonds is 5. The molecule has 2 atom stereocenters. The van der Waals surface area contributed by atoms with Crippen molar-refractivity contribution in [1.29, 1.82) is 0 Å². The smallest absolute Gasteiger partial charge is 0.257 e. The molecule has 27 heavy (non-hydrogen) atoms. The highest BCUT2D eigenvalue weighted by Gasteiger charge is 2.31. The third kappa shape index (κ3) is 4.20. The van der Waals surface area contributed by atoms with Crippen molar-refractivity contribution >= 4 is 0 Å². The quantitative estimate of drug-likeness (QED) is 0.803. The molecule has 4 rings (SSSR count). The second-order valence-electron chi connectivity index (χ2n) is 7.17. The largest absolute Gasteiger partial charge is 0.484 e. The summed E-state index contributed by atoms with van der Waals surface area (Å²) in [6.07, 6.45) is 2.87. The standard InChI is InChI=1S/C20H24FN3O3/c1-13-3-4-15(9-22-13)12-27-16-7-14(2)24(10-16)11-18-17(21)8-19-20(23-18)26-6-5-25-19/h3-4,8-9,14,16H,5-7,10-12H2,1-2H3/t14-,16+/m0/s1. The van der Waals surface area contributed by atoms with E-state index in [1.165, 1.54) is 6.07 Å². The minimum Gasteiger partial charge on any atom is -0.484 e. The number of hydrogen-bond donors (Lipinski definition) is 0. The van der Waals surface area contributed by atoms with Crippen molar-refractivity contribution in [3.63, 3.8) is 0 Å². The van der Waals surface area contributed by atoms with Gasteiger partial charge in [0, 0.05) is 37.1 Å². The SMILES string of the molecule is Cc1ccc(CO[C@@H]2C[C@H](C)N(Cc3nc4c(cc3F)OCCO4)C2)cn1. The van der Waals surface area contributed by atoms with Gasteiger partial charge in [0.25, 0.3) is 5.88 Å². The molecular formula is C20H24FN3O3.